The third kappa shape index (κ3) is 2.43. The minimum absolute atomic E-state index is 0.0124. The van der Waals surface area contributed by atoms with E-state index in [1.807, 2.05) is 6.92 Å². The molecule has 6 heteroatoms. The summed E-state index contributed by atoms with van der Waals surface area (Å²) in [4.78, 5) is 26.7. The van der Waals surface area contributed by atoms with Gasteiger partial charge in [-0.3, -0.25) is 0 Å². The molecule has 1 aliphatic carbocycles. The second-order valence-electron chi connectivity index (χ2n) is 5.17. The van der Waals surface area contributed by atoms with Crippen LogP contribution in [0.2, 0.25) is 0 Å². The van der Waals surface area contributed by atoms with Crippen molar-refractivity contribution >= 4 is 12.0 Å². The quantitative estimate of drug-likeness (QED) is 0.761. The lowest BCUT2D eigenvalue weighted by molar-refractivity contribution is -0.142. The number of hydrogen-bond acceptors (Lipinski definition) is 3. The zero-order valence-electron chi connectivity index (χ0n) is 10.6. The van der Waals surface area contributed by atoms with Crippen molar-refractivity contribution in [1.29, 1.82) is 0 Å². The van der Waals surface area contributed by atoms with E-state index in [0.717, 1.165) is 19.3 Å². The minimum Gasteiger partial charge on any atom is -0.480 e. The predicted molar refractivity (Wildman–Crippen MR) is 64.1 cm³/mol. The van der Waals surface area contributed by atoms with Crippen LogP contribution in [0.25, 0.3) is 0 Å². The summed E-state index contributed by atoms with van der Waals surface area (Å²) in [7, 11) is 0. The molecule has 6 nitrogen and oxygen atoms in total. The van der Waals surface area contributed by atoms with Gasteiger partial charge in [0.25, 0.3) is 0 Å². The SMILES string of the molecule is CC1CCN(C(=O)N(CCO)C2CC2)C1C(=O)O. The Morgan fingerprint density at radius 3 is 2.50 bits per heavy atom. The number of hydrogen-bond donors (Lipinski definition) is 2. The maximum Gasteiger partial charge on any atom is 0.326 e. The van der Waals surface area contributed by atoms with E-state index in [2.05, 4.69) is 0 Å². The second kappa shape index (κ2) is 5.14. The molecule has 2 atom stereocenters. The molecule has 1 heterocycles. The van der Waals surface area contributed by atoms with Gasteiger partial charge in [-0.1, -0.05) is 6.92 Å². The predicted octanol–water partition coefficient (Wildman–Crippen LogP) is 0.358. The molecule has 2 fully saturated rings. The molecular weight excluding hydrogens is 236 g/mol. The second-order valence-corrected chi connectivity index (χ2v) is 5.17. The third-order valence-corrected chi connectivity index (χ3v) is 3.77. The molecule has 0 aromatic carbocycles. The van der Waals surface area contributed by atoms with Crippen LogP contribution >= 0.6 is 0 Å². The molecular formula is C12H20N2O4. The van der Waals surface area contributed by atoms with Crippen molar-refractivity contribution in [2.45, 2.75) is 38.3 Å². The normalized spacial score (nSPS) is 27.3. The molecule has 2 unspecified atom stereocenters. The molecule has 0 radical (unpaired) electrons. The lowest BCUT2D eigenvalue weighted by Crippen LogP contribution is -2.50. The number of likely N-dealkylation sites (tertiary alicyclic amines) is 1. The summed E-state index contributed by atoms with van der Waals surface area (Å²) in [5.41, 5.74) is 0. The Balaban J connectivity index is 2.08. The summed E-state index contributed by atoms with van der Waals surface area (Å²) in [6.45, 7) is 2.56. The van der Waals surface area contributed by atoms with Crippen molar-refractivity contribution in [2.24, 2.45) is 5.92 Å². The van der Waals surface area contributed by atoms with Crippen molar-refractivity contribution in [3.8, 4) is 0 Å². The molecule has 2 rings (SSSR count). The van der Waals surface area contributed by atoms with Crippen LogP contribution in [-0.4, -0.2) is 63.8 Å². The number of aliphatic carboxylic acids is 1. The van der Waals surface area contributed by atoms with E-state index in [4.69, 9.17) is 5.11 Å². The van der Waals surface area contributed by atoms with Crippen molar-refractivity contribution in [3.63, 3.8) is 0 Å². The van der Waals surface area contributed by atoms with Crippen LogP contribution < -0.4 is 0 Å². The summed E-state index contributed by atoms with van der Waals surface area (Å²) >= 11 is 0. The Labute approximate surface area is 106 Å². The smallest absolute Gasteiger partial charge is 0.326 e. The number of amides is 2. The van der Waals surface area contributed by atoms with E-state index in [1.54, 1.807) is 4.90 Å². The van der Waals surface area contributed by atoms with Crippen LogP contribution in [0.3, 0.4) is 0 Å². The standard InChI is InChI=1S/C12H20N2O4/c1-8-4-5-14(10(8)11(16)17)12(18)13(6-7-15)9-2-3-9/h8-10,15H,2-7H2,1H3,(H,16,17). The maximum atomic E-state index is 12.4. The van der Waals surface area contributed by atoms with Crippen molar-refractivity contribution in [3.05, 3.63) is 0 Å². The van der Waals surface area contributed by atoms with Crippen molar-refractivity contribution < 1.29 is 19.8 Å². The third-order valence-electron chi connectivity index (χ3n) is 3.77. The van der Waals surface area contributed by atoms with Gasteiger partial charge in [-0.15, -0.1) is 0 Å². The van der Waals surface area contributed by atoms with Gasteiger partial charge in [0.05, 0.1) is 6.61 Å². The van der Waals surface area contributed by atoms with Gasteiger partial charge in [0.2, 0.25) is 0 Å². The van der Waals surface area contributed by atoms with E-state index < -0.39 is 12.0 Å². The van der Waals surface area contributed by atoms with E-state index in [0.29, 0.717) is 13.1 Å². The maximum absolute atomic E-state index is 12.4. The van der Waals surface area contributed by atoms with Gasteiger partial charge < -0.3 is 20.0 Å². The Hall–Kier alpha value is -1.30. The number of aliphatic hydroxyl groups is 1. The lowest BCUT2D eigenvalue weighted by Gasteiger charge is -2.30. The summed E-state index contributed by atoms with van der Waals surface area (Å²) in [6.07, 6.45) is 2.63. The summed E-state index contributed by atoms with van der Waals surface area (Å²) in [5.74, 6) is -0.949. The molecule has 0 bridgehead atoms. The number of carboxylic acid groups (broad SMARTS) is 1. The van der Waals surface area contributed by atoms with E-state index >= 15 is 0 Å². The topological polar surface area (TPSA) is 81.1 Å². The number of carbonyl (C=O) groups is 2. The highest BCUT2D eigenvalue weighted by Crippen LogP contribution is 2.31. The van der Waals surface area contributed by atoms with Crippen LogP contribution in [0.15, 0.2) is 0 Å². The first-order valence-corrected chi connectivity index (χ1v) is 6.47. The zero-order chi connectivity index (χ0) is 13.3. The molecule has 0 aromatic heterocycles. The van der Waals surface area contributed by atoms with Crippen LogP contribution in [-0.2, 0) is 4.79 Å². The number of aliphatic hydroxyl groups excluding tert-OH is 1. The van der Waals surface area contributed by atoms with E-state index in [1.165, 1.54) is 4.90 Å². The van der Waals surface area contributed by atoms with Crippen LogP contribution in [0.4, 0.5) is 4.79 Å². The first-order chi connectivity index (χ1) is 8.56. The van der Waals surface area contributed by atoms with Gasteiger partial charge in [-0.05, 0) is 25.2 Å². The molecule has 102 valence electrons. The monoisotopic (exact) mass is 256 g/mol. The highest BCUT2D eigenvalue weighted by molar-refractivity contribution is 5.84. The van der Waals surface area contributed by atoms with Crippen molar-refractivity contribution in [1.82, 2.24) is 9.80 Å². The van der Waals surface area contributed by atoms with Gasteiger partial charge >= 0.3 is 12.0 Å². The first kappa shape index (κ1) is 13.1. The van der Waals surface area contributed by atoms with Gasteiger partial charge in [-0.2, -0.15) is 0 Å². The number of rotatable bonds is 4. The van der Waals surface area contributed by atoms with Crippen molar-refractivity contribution in [2.75, 3.05) is 19.7 Å². The average molecular weight is 256 g/mol. The largest absolute Gasteiger partial charge is 0.480 e. The van der Waals surface area contributed by atoms with E-state index in [-0.39, 0.29) is 24.6 Å². The zero-order valence-corrected chi connectivity index (χ0v) is 10.6. The average Bonchev–Trinajstić information content (AvgIpc) is 3.07. The molecule has 1 saturated carbocycles. The van der Waals surface area contributed by atoms with Gasteiger partial charge in [-0.25, -0.2) is 9.59 Å². The first-order valence-electron chi connectivity index (χ1n) is 6.47. The Morgan fingerprint density at radius 1 is 1.33 bits per heavy atom. The Morgan fingerprint density at radius 2 is 2.00 bits per heavy atom. The van der Waals surface area contributed by atoms with Crippen LogP contribution in [0.5, 0.6) is 0 Å². The fourth-order valence-corrected chi connectivity index (χ4v) is 2.63. The summed E-state index contributed by atoms with van der Waals surface area (Å²) < 4.78 is 0. The number of carboxylic acids is 1. The van der Waals surface area contributed by atoms with Gasteiger partial charge in [0.15, 0.2) is 0 Å². The Kier molecular flexibility index (Phi) is 3.75. The fourth-order valence-electron chi connectivity index (χ4n) is 2.63. The molecule has 18 heavy (non-hydrogen) atoms. The molecule has 1 aliphatic heterocycles. The molecule has 2 N–H and O–H groups in total. The van der Waals surface area contributed by atoms with Crippen LogP contribution in [0, 0.1) is 5.92 Å². The molecule has 0 spiro atoms. The van der Waals surface area contributed by atoms with Gasteiger partial charge in [0.1, 0.15) is 6.04 Å². The van der Waals surface area contributed by atoms with E-state index in [9.17, 15) is 14.7 Å². The number of carbonyl (C=O) groups excluding carboxylic acids is 1. The number of nitrogens with zero attached hydrogens (tertiary/aromatic N) is 2. The Bertz CT molecular complexity index is 343. The lowest BCUT2D eigenvalue weighted by atomic mass is 10.0. The summed E-state index contributed by atoms with van der Waals surface area (Å²) in [6, 6.07) is -0.768. The van der Waals surface area contributed by atoms with Gasteiger partial charge in [0, 0.05) is 19.1 Å². The minimum atomic E-state index is -0.937. The highest BCUT2D eigenvalue weighted by atomic mass is 16.4. The molecule has 2 aliphatic rings. The molecule has 1 saturated heterocycles. The highest BCUT2D eigenvalue weighted by Gasteiger charge is 2.43. The summed E-state index contributed by atoms with van der Waals surface area (Å²) in [5, 5.41) is 18.2. The fraction of sp³-hybridized carbons (Fsp3) is 0.833. The number of urea groups is 1. The van der Waals surface area contributed by atoms with Crippen LogP contribution in [0.1, 0.15) is 26.2 Å². The molecule has 0 aromatic rings. The molecule has 2 amide bonds.